The summed E-state index contributed by atoms with van der Waals surface area (Å²) in [5, 5.41) is 0. The summed E-state index contributed by atoms with van der Waals surface area (Å²) >= 11 is 0. The highest BCUT2D eigenvalue weighted by Gasteiger charge is 2.38. The molecular weight excluding hydrogens is 291 g/mol. The fraction of sp³-hybridized carbons (Fsp3) is 0.600. The number of hydrogen-bond acceptors (Lipinski definition) is 3. The van der Waals surface area contributed by atoms with Gasteiger partial charge in [0.1, 0.15) is 5.82 Å². The Morgan fingerprint density at radius 2 is 1.86 bits per heavy atom. The minimum Gasteiger partial charge on any atom is -0.329 e. The molecule has 0 aromatic heterocycles. The van der Waals surface area contributed by atoms with Crippen molar-refractivity contribution >= 4 is 10.0 Å². The second kappa shape index (κ2) is 6.02. The SMILES string of the molecule is Cc1cc(F)cc(C)c1S(=O)(=O)N1C(C)CCCC1CN. The number of nitrogens with two attached hydrogens (primary N) is 1. The summed E-state index contributed by atoms with van der Waals surface area (Å²) in [4.78, 5) is 0.219. The van der Waals surface area contributed by atoms with Gasteiger partial charge in [0, 0.05) is 18.6 Å². The monoisotopic (exact) mass is 314 g/mol. The Morgan fingerprint density at radius 1 is 1.29 bits per heavy atom. The second-order valence-corrected chi connectivity index (χ2v) is 7.65. The first-order chi connectivity index (χ1) is 9.78. The first-order valence-corrected chi connectivity index (χ1v) is 8.73. The molecule has 1 aliphatic heterocycles. The van der Waals surface area contributed by atoms with Crippen LogP contribution >= 0.6 is 0 Å². The topological polar surface area (TPSA) is 63.4 Å². The quantitative estimate of drug-likeness (QED) is 0.931. The third kappa shape index (κ3) is 2.98. The van der Waals surface area contributed by atoms with Gasteiger partial charge in [-0.2, -0.15) is 4.31 Å². The van der Waals surface area contributed by atoms with Crippen molar-refractivity contribution in [1.29, 1.82) is 0 Å². The maximum atomic E-state index is 13.4. The van der Waals surface area contributed by atoms with E-state index in [-0.39, 0.29) is 17.0 Å². The van der Waals surface area contributed by atoms with Gasteiger partial charge in [-0.05, 0) is 56.9 Å². The van der Waals surface area contributed by atoms with E-state index in [0.29, 0.717) is 17.7 Å². The van der Waals surface area contributed by atoms with Crippen molar-refractivity contribution in [3.8, 4) is 0 Å². The van der Waals surface area contributed by atoms with Gasteiger partial charge in [-0.15, -0.1) is 0 Å². The number of aryl methyl sites for hydroxylation is 2. The fourth-order valence-electron chi connectivity index (χ4n) is 3.33. The number of hydrogen-bond donors (Lipinski definition) is 1. The second-order valence-electron chi connectivity index (χ2n) is 5.87. The highest BCUT2D eigenvalue weighted by Crippen LogP contribution is 2.32. The van der Waals surface area contributed by atoms with Crippen LogP contribution in [-0.4, -0.2) is 31.4 Å². The van der Waals surface area contributed by atoms with E-state index in [1.54, 1.807) is 13.8 Å². The highest BCUT2D eigenvalue weighted by atomic mass is 32.2. The number of halogens is 1. The molecule has 0 aliphatic carbocycles. The zero-order chi connectivity index (χ0) is 15.8. The summed E-state index contributed by atoms with van der Waals surface area (Å²) in [5.41, 5.74) is 6.66. The summed E-state index contributed by atoms with van der Waals surface area (Å²) < 4.78 is 41.1. The van der Waals surface area contributed by atoms with E-state index in [0.717, 1.165) is 19.3 Å². The molecule has 0 bridgehead atoms. The van der Waals surface area contributed by atoms with Crippen LogP contribution in [0.25, 0.3) is 0 Å². The average molecular weight is 314 g/mol. The van der Waals surface area contributed by atoms with E-state index >= 15 is 0 Å². The van der Waals surface area contributed by atoms with Crippen LogP contribution in [0.15, 0.2) is 17.0 Å². The van der Waals surface area contributed by atoms with Crippen LogP contribution in [-0.2, 0) is 10.0 Å². The zero-order valence-electron chi connectivity index (χ0n) is 12.8. The lowest BCUT2D eigenvalue weighted by atomic mass is 10.00. The van der Waals surface area contributed by atoms with Gasteiger partial charge in [0.25, 0.3) is 0 Å². The van der Waals surface area contributed by atoms with E-state index < -0.39 is 15.8 Å². The van der Waals surface area contributed by atoms with Crippen LogP contribution in [0.1, 0.15) is 37.3 Å². The maximum Gasteiger partial charge on any atom is 0.244 e. The Labute approximate surface area is 126 Å². The molecule has 0 saturated carbocycles. The van der Waals surface area contributed by atoms with Crippen LogP contribution in [0.2, 0.25) is 0 Å². The lowest BCUT2D eigenvalue weighted by Gasteiger charge is -2.39. The number of benzene rings is 1. The van der Waals surface area contributed by atoms with Gasteiger partial charge in [0.15, 0.2) is 0 Å². The van der Waals surface area contributed by atoms with Gasteiger partial charge in [0.05, 0.1) is 4.90 Å². The van der Waals surface area contributed by atoms with Crippen molar-refractivity contribution in [2.24, 2.45) is 5.73 Å². The normalized spacial score (nSPS) is 24.2. The lowest BCUT2D eigenvalue weighted by Crippen LogP contribution is -2.51. The molecule has 118 valence electrons. The van der Waals surface area contributed by atoms with E-state index in [9.17, 15) is 12.8 Å². The van der Waals surface area contributed by atoms with Crippen LogP contribution in [0.3, 0.4) is 0 Å². The Kier molecular flexibility index (Phi) is 4.70. The van der Waals surface area contributed by atoms with Crippen LogP contribution in [0.5, 0.6) is 0 Å². The highest BCUT2D eigenvalue weighted by molar-refractivity contribution is 7.89. The van der Waals surface area contributed by atoms with E-state index in [1.807, 2.05) is 6.92 Å². The first kappa shape index (κ1) is 16.4. The van der Waals surface area contributed by atoms with Gasteiger partial charge in [0.2, 0.25) is 10.0 Å². The van der Waals surface area contributed by atoms with Crippen molar-refractivity contribution in [2.75, 3.05) is 6.54 Å². The first-order valence-electron chi connectivity index (χ1n) is 7.29. The Balaban J connectivity index is 2.55. The van der Waals surface area contributed by atoms with E-state index in [4.69, 9.17) is 5.73 Å². The number of sulfonamides is 1. The van der Waals surface area contributed by atoms with Crippen LogP contribution in [0, 0.1) is 19.7 Å². The van der Waals surface area contributed by atoms with Gasteiger partial charge in [-0.1, -0.05) is 6.42 Å². The molecule has 0 radical (unpaired) electrons. The minimum absolute atomic E-state index is 0.0823. The molecule has 1 aromatic carbocycles. The van der Waals surface area contributed by atoms with Crippen molar-refractivity contribution < 1.29 is 12.8 Å². The van der Waals surface area contributed by atoms with Gasteiger partial charge >= 0.3 is 0 Å². The molecule has 1 aromatic rings. The summed E-state index contributed by atoms with van der Waals surface area (Å²) in [6, 6.07) is 2.28. The summed E-state index contributed by atoms with van der Waals surface area (Å²) in [6.07, 6.45) is 2.59. The Morgan fingerprint density at radius 3 is 2.38 bits per heavy atom. The van der Waals surface area contributed by atoms with Crippen molar-refractivity contribution in [2.45, 2.75) is 57.0 Å². The molecule has 2 atom stereocenters. The standard InChI is InChI=1S/C15H23FN2O2S/c1-10-7-13(16)8-11(2)15(10)21(19,20)18-12(3)5-4-6-14(18)9-17/h7-8,12,14H,4-6,9,17H2,1-3H3. The molecule has 1 fully saturated rings. The largest absolute Gasteiger partial charge is 0.329 e. The molecule has 4 nitrogen and oxygen atoms in total. The Bertz CT molecular complexity index is 608. The van der Waals surface area contributed by atoms with Gasteiger partial charge in [-0.25, -0.2) is 12.8 Å². The summed E-state index contributed by atoms with van der Waals surface area (Å²) in [6.45, 7) is 5.49. The van der Waals surface area contributed by atoms with E-state index in [2.05, 4.69) is 0 Å². The molecule has 0 spiro atoms. The van der Waals surface area contributed by atoms with Crippen molar-refractivity contribution in [3.05, 3.63) is 29.1 Å². The predicted octanol–water partition coefficient (Wildman–Crippen LogP) is 2.33. The molecule has 1 heterocycles. The molecule has 2 rings (SSSR count). The molecular formula is C15H23FN2O2S. The predicted molar refractivity (Wildman–Crippen MR) is 81.1 cm³/mol. The third-order valence-electron chi connectivity index (χ3n) is 4.19. The van der Waals surface area contributed by atoms with Crippen LogP contribution < -0.4 is 5.73 Å². The number of nitrogens with zero attached hydrogens (tertiary/aromatic N) is 1. The average Bonchev–Trinajstić information content (AvgIpc) is 2.36. The lowest BCUT2D eigenvalue weighted by molar-refractivity contribution is 0.196. The third-order valence-corrected chi connectivity index (χ3v) is 6.56. The molecule has 1 aliphatic rings. The fourth-order valence-corrected chi connectivity index (χ4v) is 5.63. The maximum absolute atomic E-state index is 13.4. The molecule has 21 heavy (non-hydrogen) atoms. The minimum atomic E-state index is -3.66. The molecule has 2 N–H and O–H groups in total. The van der Waals surface area contributed by atoms with Crippen molar-refractivity contribution in [3.63, 3.8) is 0 Å². The Hall–Kier alpha value is -0.980. The summed E-state index contributed by atoms with van der Waals surface area (Å²) in [7, 11) is -3.66. The molecule has 2 unspecified atom stereocenters. The molecule has 0 amide bonds. The van der Waals surface area contributed by atoms with Crippen molar-refractivity contribution in [1.82, 2.24) is 4.31 Å². The molecule has 1 saturated heterocycles. The number of piperidine rings is 1. The summed E-state index contributed by atoms with van der Waals surface area (Å²) in [5.74, 6) is -0.411. The number of rotatable bonds is 3. The van der Waals surface area contributed by atoms with Gasteiger partial charge in [-0.3, -0.25) is 0 Å². The zero-order valence-corrected chi connectivity index (χ0v) is 13.6. The van der Waals surface area contributed by atoms with Gasteiger partial charge < -0.3 is 5.73 Å². The van der Waals surface area contributed by atoms with E-state index in [1.165, 1.54) is 16.4 Å². The smallest absolute Gasteiger partial charge is 0.244 e. The molecule has 6 heteroatoms. The van der Waals surface area contributed by atoms with Crippen LogP contribution in [0.4, 0.5) is 4.39 Å².